The fourth-order valence-electron chi connectivity index (χ4n) is 7.76. The van der Waals surface area contributed by atoms with Crippen molar-refractivity contribution in [1.29, 1.82) is 0 Å². The summed E-state index contributed by atoms with van der Waals surface area (Å²) in [6, 6.07) is 16.1. The van der Waals surface area contributed by atoms with Gasteiger partial charge in [0.15, 0.2) is 0 Å². The molecule has 0 aromatic heterocycles. The number of amides is 1. The first-order valence-electron chi connectivity index (χ1n) is 17.0. The minimum Gasteiger partial charge on any atom is -0.491 e. The standard InChI is InChI=1S/C37H55N3O2/c1-5-31-15-16-33(27-32(31)6-2)37(17-19-38-21-23-39(24-22-38)34-12-8-7-9-13-34)18-20-40(28-37)36(41)26-30-11-10-14-35(25-30)42-29(3)4/h10-11,14-16,25,27,29,34H,5-9,12-13,17-24,26,28H2,1-4H3. The summed E-state index contributed by atoms with van der Waals surface area (Å²) in [6.45, 7) is 16.2. The van der Waals surface area contributed by atoms with Crippen molar-refractivity contribution in [1.82, 2.24) is 14.7 Å². The molecule has 2 heterocycles. The Morgan fingerprint density at radius 3 is 2.40 bits per heavy atom. The number of nitrogens with zero attached hydrogens (tertiary/aromatic N) is 3. The average Bonchev–Trinajstić information content (AvgIpc) is 3.46. The van der Waals surface area contributed by atoms with Gasteiger partial charge >= 0.3 is 0 Å². The van der Waals surface area contributed by atoms with Crippen LogP contribution in [-0.2, 0) is 29.5 Å². The summed E-state index contributed by atoms with van der Waals surface area (Å²) < 4.78 is 5.89. The average molecular weight is 574 g/mol. The van der Waals surface area contributed by atoms with Crippen LogP contribution in [0.5, 0.6) is 5.75 Å². The van der Waals surface area contributed by atoms with Crippen LogP contribution in [0.2, 0.25) is 0 Å². The molecule has 2 aromatic carbocycles. The van der Waals surface area contributed by atoms with Crippen molar-refractivity contribution in [2.75, 3.05) is 45.8 Å². The highest BCUT2D eigenvalue weighted by Gasteiger charge is 2.41. The van der Waals surface area contributed by atoms with Crippen molar-refractivity contribution in [3.8, 4) is 5.75 Å². The summed E-state index contributed by atoms with van der Waals surface area (Å²) in [4.78, 5) is 21.3. The number of carbonyl (C=O) groups is 1. The van der Waals surface area contributed by atoms with Crippen LogP contribution in [0.4, 0.5) is 0 Å². The number of hydrogen-bond acceptors (Lipinski definition) is 4. The molecule has 42 heavy (non-hydrogen) atoms. The Morgan fingerprint density at radius 1 is 0.929 bits per heavy atom. The maximum Gasteiger partial charge on any atom is 0.227 e. The van der Waals surface area contributed by atoms with E-state index in [1.807, 2.05) is 32.0 Å². The highest BCUT2D eigenvalue weighted by molar-refractivity contribution is 5.79. The molecule has 230 valence electrons. The molecule has 5 heteroatoms. The van der Waals surface area contributed by atoms with E-state index in [9.17, 15) is 4.79 Å². The Bertz CT molecular complexity index is 1170. The lowest BCUT2D eigenvalue weighted by Gasteiger charge is -2.42. The highest BCUT2D eigenvalue weighted by Crippen LogP contribution is 2.39. The molecule has 1 amide bonds. The molecule has 2 aromatic rings. The third-order valence-corrected chi connectivity index (χ3v) is 10.3. The van der Waals surface area contributed by atoms with Gasteiger partial charge in [-0.05, 0) is 93.3 Å². The second-order valence-corrected chi connectivity index (χ2v) is 13.4. The zero-order valence-corrected chi connectivity index (χ0v) is 26.9. The van der Waals surface area contributed by atoms with Crippen LogP contribution in [0.15, 0.2) is 42.5 Å². The molecule has 5 nitrogen and oxygen atoms in total. The first-order chi connectivity index (χ1) is 20.4. The van der Waals surface area contributed by atoms with Crippen molar-refractivity contribution in [2.45, 2.75) is 109 Å². The van der Waals surface area contributed by atoms with E-state index in [1.54, 1.807) is 0 Å². The van der Waals surface area contributed by atoms with Crippen molar-refractivity contribution in [3.63, 3.8) is 0 Å². The molecule has 3 fully saturated rings. The summed E-state index contributed by atoms with van der Waals surface area (Å²) in [5, 5.41) is 0. The SMILES string of the molecule is CCc1ccc(C2(CCN3CCN(C4CCCCC4)CC3)CCN(C(=O)Cc3cccc(OC(C)C)c3)C2)cc1CC. The van der Waals surface area contributed by atoms with Crippen LogP contribution in [0.25, 0.3) is 0 Å². The molecule has 5 rings (SSSR count). The minimum atomic E-state index is 0.0228. The number of likely N-dealkylation sites (tertiary alicyclic amines) is 1. The molecular weight excluding hydrogens is 518 g/mol. The van der Waals surface area contributed by atoms with Gasteiger partial charge in [0.1, 0.15) is 5.75 Å². The largest absolute Gasteiger partial charge is 0.491 e. The summed E-state index contributed by atoms with van der Waals surface area (Å²) in [7, 11) is 0. The van der Waals surface area contributed by atoms with Gasteiger partial charge in [0, 0.05) is 50.7 Å². The third-order valence-electron chi connectivity index (χ3n) is 10.3. The first-order valence-corrected chi connectivity index (χ1v) is 17.0. The van der Waals surface area contributed by atoms with Crippen LogP contribution in [0, 0.1) is 0 Å². The lowest BCUT2D eigenvalue weighted by molar-refractivity contribution is -0.129. The molecule has 3 aliphatic rings. The fourth-order valence-corrected chi connectivity index (χ4v) is 7.76. The van der Waals surface area contributed by atoms with E-state index in [0.717, 1.165) is 62.7 Å². The minimum absolute atomic E-state index is 0.0228. The van der Waals surface area contributed by atoms with Gasteiger partial charge in [0.2, 0.25) is 5.91 Å². The quantitative estimate of drug-likeness (QED) is 0.302. The second-order valence-electron chi connectivity index (χ2n) is 13.4. The van der Waals surface area contributed by atoms with E-state index in [0.29, 0.717) is 6.42 Å². The molecular formula is C37H55N3O2. The van der Waals surface area contributed by atoms with Gasteiger partial charge < -0.3 is 14.5 Å². The molecule has 0 bridgehead atoms. The van der Waals surface area contributed by atoms with E-state index in [-0.39, 0.29) is 17.4 Å². The topological polar surface area (TPSA) is 36.0 Å². The number of carbonyl (C=O) groups excluding carboxylic acids is 1. The third kappa shape index (κ3) is 7.58. The van der Waals surface area contributed by atoms with E-state index < -0.39 is 0 Å². The molecule has 1 saturated carbocycles. The van der Waals surface area contributed by atoms with Gasteiger partial charge in [-0.3, -0.25) is 9.69 Å². The fraction of sp³-hybridized carbons (Fsp3) is 0.649. The maximum atomic E-state index is 13.7. The van der Waals surface area contributed by atoms with Crippen molar-refractivity contribution in [2.24, 2.45) is 0 Å². The Balaban J connectivity index is 1.27. The monoisotopic (exact) mass is 573 g/mol. The van der Waals surface area contributed by atoms with E-state index >= 15 is 0 Å². The number of hydrogen-bond donors (Lipinski definition) is 0. The zero-order valence-electron chi connectivity index (χ0n) is 26.9. The van der Waals surface area contributed by atoms with Crippen molar-refractivity contribution < 1.29 is 9.53 Å². The lowest BCUT2D eigenvalue weighted by atomic mass is 9.75. The predicted molar refractivity (Wildman–Crippen MR) is 173 cm³/mol. The second kappa shape index (κ2) is 14.4. The number of benzene rings is 2. The first kappa shape index (κ1) is 31.1. The normalized spacial score (nSPS) is 22.6. The molecule has 0 spiro atoms. The van der Waals surface area contributed by atoms with Gasteiger partial charge in [-0.1, -0.05) is 63.4 Å². The summed E-state index contributed by atoms with van der Waals surface area (Å²) >= 11 is 0. The summed E-state index contributed by atoms with van der Waals surface area (Å²) in [5.74, 6) is 1.08. The molecule has 2 aliphatic heterocycles. The number of ether oxygens (including phenoxy) is 1. The molecule has 1 aliphatic carbocycles. The van der Waals surface area contributed by atoms with Gasteiger partial charge in [-0.15, -0.1) is 0 Å². The van der Waals surface area contributed by atoms with Gasteiger partial charge in [0.25, 0.3) is 0 Å². The molecule has 0 radical (unpaired) electrons. The van der Waals surface area contributed by atoms with Gasteiger partial charge in [-0.2, -0.15) is 0 Å². The van der Waals surface area contributed by atoms with Crippen molar-refractivity contribution in [3.05, 3.63) is 64.7 Å². The predicted octanol–water partition coefficient (Wildman–Crippen LogP) is 6.65. The highest BCUT2D eigenvalue weighted by atomic mass is 16.5. The zero-order chi connectivity index (χ0) is 29.5. The Labute approximate surface area is 255 Å². The Hall–Kier alpha value is -2.37. The van der Waals surface area contributed by atoms with E-state index in [4.69, 9.17) is 4.74 Å². The smallest absolute Gasteiger partial charge is 0.227 e. The Kier molecular flexibility index (Phi) is 10.7. The van der Waals surface area contributed by atoms with Gasteiger partial charge in [-0.25, -0.2) is 0 Å². The van der Waals surface area contributed by atoms with Crippen LogP contribution >= 0.6 is 0 Å². The number of rotatable bonds is 11. The van der Waals surface area contributed by atoms with E-state index in [2.05, 4.69) is 52.8 Å². The molecule has 2 saturated heterocycles. The summed E-state index contributed by atoms with van der Waals surface area (Å²) in [6.07, 6.45) is 11.9. The van der Waals surface area contributed by atoms with Crippen LogP contribution in [0.3, 0.4) is 0 Å². The van der Waals surface area contributed by atoms with E-state index in [1.165, 1.54) is 75.0 Å². The Morgan fingerprint density at radius 2 is 1.69 bits per heavy atom. The molecule has 1 unspecified atom stereocenters. The summed E-state index contributed by atoms with van der Waals surface area (Å²) in [5.41, 5.74) is 5.44. The maximum absolute atomic E-state index is 13.7. The number of aryl methyl sites for hydroxylation is 2. The van der Waals surface area contributed by atoms with Crippen LogP contribution in [0.1, 0.15) is 94.9 Å². The van der Waals surface area contributed by atoms with Crippen molar-refractivity contribution >= 4 is 5.91 Å². The van der Waals surface area contributed by atoms with Crippen LogP contribution < -0.4 is 4.74 Å². The molecule has 1 atom stereocenters. The lowest BCUT2D eigenvalue weighted by Crippen LogP contribution is -2.51. The van der Waals surface area contributed by atoms with Gasteiger partial charge in [0.05, 0.1) is 12.5 Å². The number of piperazine rings is 1. The van der Waals surface area contributed by atoms with Crippen LogP contribution in [-0.4, -0.2) is 78.6 Å². The molecule has 0 N–H and O–H groups in total.